The number of aryl methyl sites for hydroxylation is 2. The Hall–Kier alpha value is -2.91. The molecule has 2 aromatic heterocycles. The number of amides is 1. The standard InChI is InChI=1S/C29H40N4O5/c1-17-25(18(2)38-31-17)19-9-14-23-22(15-19)30-26(32(23)20-10-12-21(35-8)13-11-20)24-16-36-29(6,7)33(24)27(34)37-28(3,4)5/h9,14-15,20-21,24H,10-13,16H2,1-8H3/t20-,21-,24?. The van der Waals surface area contributed by atoms with Crippen LogP contribution < -0.4 is 0 Å². The van der Waals surface area contributed by atoms with E-state index in [0.29, 0.717) is 6.61 Å². The molecule has 0 bridgehead atoms. The van der Waals surface area contributed by atoms with E-state index in [4.69, 9.17) is 23.7 Å². The van der Waals surface area contributed by atoms with Gasteiger partial charge >= 0.3 is 6.09 Å². The van der Waals surface area contributed by atoms with E-state index in [1.54, 1.807) is 12.0 Å². The average Bonchev–Trinajstić information content (AvgIpc) is 3.49. The Bertz CT molecular complexity index is 1310. The fraction of sp³-hybridized carbons (Fsp3) is 0.621. The number of rotatable bonds is 4. The second-order valence-electron chi connectivity index (χ2n) is 12.0. The van der Waals surface area contributed by atoms with Crippen molar-refractivity contribution in [2.75, 3.05) is 13.7 Å². The Kier molecular flexibility index (Phi) is 6.80. The van der Waals surface area contributed by atoms with Gasteiger partial charge in [-0.15, -0.1) is 0 Å². The van der Waals surface area contributed by atoms with Crippen LogP contribution in [0.5, 0.6) is 0 Å². The summed E-state index contributed by atoms with van der Waals surface area (Å²) in [6.45, 7) is 13.7. The van der Waals surface area contributed by atoms with Gasteiger partial charge in [0.05, 0.1) is 29.4 Å². The lowest BCUT2D eigenvalue weighted by Gasteiger charge is -2.36. The number of carbonyl (C=O) groups excluding carboxylic acids is 1. The molecule has 38 heavy (non-hydrogen) atoms. The van der Waals surface area contributed by atoms with Crippen LogP contribution in [0.1, 0.15) is 89.7 Å². The number of nitrogens with zero attached hydrogens (tertiary/aromatic N) is 4. The van der Waals surface area contributed by atoms with Crippen LogP contribution in [0.2, 0.25) is 0 Å². The van der Waals surface area contributed by atoms with Gasteiger partial charge in [0.1, 0.15) is 29.0 Å². The Morgan fingerprint density at radius 3 is 2.45 bits per heavy atom. The third-order valence-corrected chi connectivity index (χ3v) is 7.76. The van der Waals surface area contributed by atoms with E-state index in [9.17, 15) is 4.79 Å². The van der Waals surface area contributed by atoms with Gasteiger partial charge in [-0.3, -0.25) is 4.90 Å². The van der Waals surface area contributed by atoms with Crippen molar-refractivity contribution < 1.29 is 23.5 Å². The maximum Gasteiger partial charge on any atom is 0.413 e. The molecule has 2 fully saturated rings. The van der Waals surface area contributed by atoms with Crippen molar-refractivity contribution in [2.24, 2.45) is 0 Å². The van der Waals surface area contributed by atoms with Crippen LogP contribution in [0.25, 0.3) is 22.2 Å². The largest absolute Gasteiger partial charge is 0.444 e. The van der Waals surface area contributed by atoms with Crippen molar-refractivity contribution in [1.82, 2.24) is 19.6 Å². The van der Waals surface area contributed by atoms with E-state index in [1.165, 1.54) is 0 Å². The first-order valence-electron chi connectivity index (χ1n) is 13.5. The molecule has 1 saturated carbocycles. The number of hydrogen-bond acceptors (Lipinski definition) is 7. The van der Waals surface area contributed by atoms with Gasteiger partial charge in [0, 0.05) is 18.7 Å². The zero-order chi connectivity index (χ0) is 27.4. The Morgan fingerprint density at radius 2 is 1.84 bits per heavy atom. The smallest absolute Gasteiger partial charge is 0.413 e. The molecule has 2 aliphatic rings. The predicted molar refractivity (Wildman–Crippen MR) is 144 cm³/mol. The van der Waals surface area contributed by atoms with Crippen LogP contribution in [-0.4, -0.2) is 56.8 Å². The lowest BCUT2D eigenvalue weighted by atomic mass is 9.92. The first kappa shape index (κ1) is 26.7. The van der Waals surface area contributed by atoms with Gasteiger partial charge in [-0.1, -0.05) is 11.2 Å². The lowest BCUT2D eigenvalue weighted by Crippen LogP contribution is -2.47. The highest BCUT2D eigenvalue weighted by molar-refractivity contribution is 5.84. The zero-order valence-corrected chi connectivity index (χ0v) is 23.8. The summed E-state index contributed by atoms with van der Waals surface area (Å²) in [5, 5.41) is 4.13. The third kappa shape index (κ3) is 4.82. The van der Waals surface area contributed by atoms with E-state index in [0.717, 1.165) is 65.1 Å². The van der Waals surface area contributed by atoms with Crippen LogP contribution >= 0.6 is 0 Å². The lowest BCUT2D eigenvalue weighted by molar-refractivity contribution is -0.0630. The van der Waals surface area contributed by atoms with Crippen LogP contribution in [0.4, 0.5) is 4.79 Å². The SMILES string of the molecule is CO[C@H]1CC[C@H](n2c(C3COC(C)(C)N3C(=O)OC(C)(C)C)nc3cc(-c4c(C)noc4C)ccc32)CC1. The van der Waals surface area contributed by atoms with E-state index < -0.39 is 17.4 Å². The topological polar surface area (TPSA) is 91.9 Å². The third-order valence-electron chi connectivity index (χ3n) is 7.76. The van der Waals surface area contributed by atoms with E-state index >= 15 is 0 Å². The van der Waals surface area contributed by atoms with Gasteiger partial charge < -0.3 is 23.3 Å². The van der Waals surface area contributed by atoms with Gasteiger partial charge in [-0.05, 0) is 91.8 Å². The maximum atomic E-state index is 13.5. The van der Waals surface area contributed by atoms with Crippen molar-refractivity contribution in [3.05, 3.63) is 35.5 Å². The van der Waals surface area contributed by atoms with Gasteiger partial charge in [0.15, 0.2) is 0 Å². The number of carbonyl (C=O) groups is 1. The van der Waals surface area contributed by atoms with Crippen LogP contribution in [0.3, 0.4) is 0 Å². The quantitative estimate of drug-likeness (QED) is 0.385. The second kappa shape index (κ2) is 9.68. The van der Waals surface area contributed by atoms with Crippen molar-refractivity contribution in [2.45, 2.75) is 104 Å². The molecule has 206 valence electrons. The normalized spacial score (nSPS) is 23.8. The number of imidazole rings is 1. The first-order valence-corrected chi connectivity index (χ1v) is 13.5. The fourth-order valence-electron chi connectivity index (χ4n) is 5.98. The second-order valence-corrected chi connectivity index (χ2v) is 12.0. The molecule has 9 heteroatoms. The van der Waals surface area contributed by atoms with Gasteiger partial charge in [-0.25, -0.2) is 9.78 Å². The molecule has 3 heterocycles. The average molecular weight is 525 g/mol. The molecule has 1 amide bonds. The molecule has 1 unspecified atom stereocenters. The number of methoxy groups -OCH3 is 1. The van der Waals surface area contributed by atoms with E-state index in [1.807, 2.05) is 48.5 Å². The van der Waals surface area contributed by atoms with Gasteiger partial charge in [0.2, 0.25) is 0 Å². The monoisotopic (exact) mass is 524 g/mol. The first-order chi connectivity index (χ1) is 17.9. The van der Waals surface area contributed by atoms with Crippen molar-refractivity contribution >= 4 is 17.1 Å². The van der Waals surface area contributed by atoms with Crippen LogP contribution in [0.15, 0.2) is 22.7 Å². The summed E-state index contributed by atoms with van der Waals surface area (Å²) >= 11 is 0. The molecule has 1 atom stereocenters. The highest BCUT2D eigenvalue weighted by Gasteiger charge is 2.48. The summed E-state index contributed by atoms with van der Waals surface area (Å²) in [6.07, 6.45) is 3.81. The number of aromatic nitrogens is 3. The van der Waals surface area contributed by atoms with Crippen molar-refractivity contribution in [3.8, 4) is 11.1 Å². The number of fused-ring (bicyclic) bond motifs is 1. The maximum absolute atomic E-state index is 13.5. The van der Waals surface area contributed by atoms with Crippen molar-refractivity contribution in [1.29, 1.82) is 0 Å². The van der Waals surface area contributed by atoms with Crippen LogP contribution in [-0.2, 0) is 14.2 Å². The van der Waals surface area contributed by atoms with Crippen molar-refractivity contribution in [3.63, 3.8) is 0 Å². The fourth-order valence-corrected chi connectivity index (χ4v) is 5.98. The highest BCUT2D eigenvalue weighted by atomic mass is 16.6. The molecule has 1 saturated heterocycles. The van der Waals surface area contributed by atoms with E-state index in [2.05, 4.69) is 27.9 Å². The van der Waals surface area contributed by atoms with Crippen LogP contribution in [0, 0.1) is 13.8 Å². The molecule has 1 aromatic carbocycles. The molecular formula is C29H40N4O5. The minimum Gasteiger partial charge on any atom is -0.444 e. The molecule has 9 nitrogen and oxygen atoms in total. The highest BCUT2D eigenvalue weighted by Crippen LogP contribution is 2.42. The molecule has 1 aliphatic heterocycles. The molecule has 3 aromatic rings. The molecule has 0 radical (unpaired) electrons. The predicted octanol–water partition coefficient (Wildman–Crippen LogP) is 6.48. The molecular weight excluding hydrogens is 484 g/mol. The Balaban J connectivity index is 1.63. The summed E-state index contributed by atoms with van der Waals surface area (Å²) in [5.74, 6) is 1.61. The Morgan fingerprint density at radius 1 is 1.13 bits per heavy atom. The van der Waals surface area contributed by atoms with Gasteiger partial charge in [-0.2, -0.15) is 0 Å². The molecule has 5 rings (SSSR count). The zero-order valence-electron chi connectivity index (χ0n) is 23.8. The summed E-state index contributed by atoms with van der Waals surface area (Å²) in [5.41, 5.74) is 3.32. The summed E-state index contributed by atoms with van der Waals surface area (Å²) in [4.78, 5) is 20.4. The Labute approximate surface area is 224 Å². The molecule has 0 spiro atoms. The minimum absolute atomic E-state index is 0.246. The molecule has 0 N–H and O–H groups in total. The number of benzene rings is 1. The summed E-state index contributed by atoms with van der Waals surface area (Å²) < 4.78 is 25.4. The summed E-state index contributed by atoms with van der Waals surface area (Å²) in [7, 11) is 1.79. The number of ether oxygens (including phenoxy) is 3. The van der Waals surface area contributed by atoms with Gasteiger partial charge in [0.25, 0.3) is 0 Å². The number of hydrogen-bond donors (Lipinski definition) is 0. The summed E-state index contributed by atoms with van der Waals surface area (Å²) in [6, 6.07) is 6.21. The molecule has 1 aliphatic carbocycles. The van der Waals surface area contributed by atoms with E-state index in [-0.39, 0.29) is 18.2 Å². The minimum atomic E-state index is -0.828.